The van der Waals surface area contributed by atoms with Gasteiger partial charge in [0.15, 0.2) is 0 Å². The van der Waals surface area contributed by atoms with Crippen LogP contribution in [0.15, 0.2) is 24.3 Å². The Labute approximate surface area is 106 Å². The summed E-state index contributed by atoms with van der Waals surface area (Å²) in [4.78, 5) is 24.4. The fourth-order valence-corrected chi connectivity index (χ4v) is 1.60. The van der Waals surface area contributed by atoms with Crippen LogP contribution in [-0.2, 0) is 4.79 Å². The van der Waals surface area contributed by atoms with Gasteiger partial charge in [0.2, 0.25) is 5.91 Å². The molecule has 1 unspecified atom stereocenters. The van der Waals surface area contributed by atoms with Crippen molar-refractivity contribution in [3.05, 3.63) is 29.8 Å². The van der Waals surface area contributed by atoms with Gasteiger partial charge < -0.3 is 15.7 Å². The Kier molecular flexibility index (Phi) is 4.85. The lowest BCUT2D eigenvalue weighted by Crippen LogP contribution is -2.30. The van der Waals surface area contributed by atoms with Crippen LogP contribution in [-0.4, -0.2) is 30.6 Å². The maximum atomic E-state index is 12.0. The Morgan fingerprint density at radius 3 is 2.56 bits per heavy atom. The van der Waals surface area contributed by atoms with Crippen LogP contribution in [0.25, 0.3) is 0 Å². The van der Waals surface area contributed by atoms with E-state index in [1.807, 2.05) is 6.92 Å². The third-order valence-corrected chi connectivity index (χ3v) is 2.80. The first-order valence-electron chi connectivity index (χ1n) is 5.76. The molecule has 0 aliphatic rings. The summed E-state index contributed by atoms with van der Waals surface area (Å²) in [5, 5.41) is 9.07. The first-order valence-corrected chi connectivity index (χ1v) is 5.76. The zero-order chi connectivity index (χ0) is 13.7. The lowest BCUT2D eigenvalue weighted by molar-refractivity contribution is -0.119. The first-order chi connectivity index (χ1) is 8.47. The average molecular weight is 250 g/mol. The fourth-order valence-electron chi connectivity index (χ4n) is 1.60. The molecule has 0 bridgehead atoms. The van der Waals surface area contributed by atoms with E-state index < -0.39 is 5.97 Å². The summed E-state index contributed by atoms with van der Waals surface area (Å²) in [5.74, 6) is -1.10. The average Bonchev–Trinajstić information content (AvgIpc) is 2.37. The SMILES string of the molecule is CC(CN)CC(=O)N(C)c1ccccc1C(=O)O. The molecule has 1 atom stereocenters. The second kappa shape index (κ2) is 6.16. The van der Waals surface area contributed by atoms with E-state index >= 15 is 0 Å². The number of aromatic carboxylic acids is 1. The minimum Gasteiger partial charge on any atom is -0.478 e. The van der Waals surface area contributed by atoms with Gasteiger partial charge in [-0.2, -0.15) is 0 Å². The lowest BCUT2D eigenvalue weighted by Gasteiger charge is -2.20. The van der Waals surface area contributed by atoms with E-state index in [2.05, 4.69) is 0 Å². The van der Waals surface area contributed by atoms with Gasteiger partial charge >= 0.3 is 5.97 Å². The predicted molar refractivity (Wildman–Crippen MR) is 69.6 cm³/mol. The molecule has 5 heteroatoms. The number of hydrogen-bond acceptors (Lipinski definition) is 3. The molecule has 0 spiro atoms. The van der Waals surface area contributed by atoms with Crippen LogP contribution in [0.4, 0.5) is 5.69 Å². The molecule has 0 radical (unpaired) electrons. The standard InChI is InChI=1S/C13H18N2O3/c1-9(8-14)7-12(16)15(2)11-6-4-3-5-10(11)13(17)18/h3-6,9H,7-8,14H2,1-2H3,(H,17,18). The van der Waals surface area contributed by atoms with Crippen molar-refractivity contribution >= 4 is 17.6 Å². The van der Waals surface area contributed by atoms with E-state index in [1.54, 1.807) is 25.2 Å². The topological polar surface area (TPSA) is 83.6 Å². The van der Waals surface area contributed by atoms with E-state index in [9.17, 15) is 9.59 Å². The maximum absolute atomic E-state index is 12.0. The summed E-state index contributed by atoms with van der Waals surface area (Å²) >= 11 is 0. The number of amides is 1. The Morgan fingerprint density at radius 2 is 2.00 bits per heavy atom. The van der Waals surface area contributed by atoms with Gasteiger partial charge in [-0.05, 0) is 24.6 Å². The molecule has 1 amide bonds. The van der Waals surface area contributed by atoms with Crippen LogP contribution in [0.3, 0.4) is 0 Å². The zero-order valence-corrected chi connectivity index (χ0v) is 10.6. The highest BCUT2D eigenvalue weighted by molar-refractivity contribution is 6.01. The second-order valence-corrected chi connectivity index (χ2v) is 4.32. The number of carboxylic acid groups (broad SMARTS) is 1. The summed E-state index contributed by atoms with van der Waals surface area (Å²) < 4.78 is 0. The van der Waals surface area contributed by atoms with Crippen molar-refractivity contribution in [2.45, 2.75) is 13.3 Å². The zero-order valence-electron chi connectivity index (χ0n) is 10.6. The van der Waals surface area contributed by atoms with Crippen LogP contribution >= 0.6 is 0 Å². The summed E-state index contributed by atoms with van der Waals surface area (Å²) in [6.07, 6.45) is 0.307. The third-order valence-electron chi connectivity index (χ3n) is 2.80. The molecule has 1 rings (SSSR count). The normalized spacial score (nSPS) is 11.9. The molecule has 98 valence electrons. The van der Waals surface area contributed by atoms with Crippen molar-refractivity contribution in [2.75, 3.05) is 18.5 Å². The van der Waals surface area contributed by atoms with E-state index in [-0.39, 0.29) is 17.4 Å². The number of carbonyl (C=O) groups is 2. The molecule has 0 aromatic heterocycles. The van der Waals surface area contributed by atoms with Gasteiger partial charge in [0, 0.05) is 13.5 Å². The summed E-state index contributed by atoms with van der Waals surface area (Å²) in [7, 11) is 1.58. The van der Waals surface area contributed by atoms with E-state index in [1.165, 1.54) is 11.0 Å². The van der Waals surface area contributed by atoms with Crippen LogP contribution in [0.2, 0.25) is 0 Å². The van der Waals surface area contributed by atoms with Gasteiger partial charge in [-0.25, -0.2) is 4.79 Å². The molecule has 1 aromatic rings. The fraction of sp³-hybridized carbons (Fsp3) is 0.385. The number of benzene rings is 1. The Hall–Kier alpha value is -1.88. The Bertz CT molecular complexity index is 446. The quantitative estimate of drug-likeness (QED) is 0.825. The molecular formula is C13H18N2O3. The van der Waals surface area contributed by atoms with E-state index in [0.717, 1.165) is 0 Å². The second-order valence-electron chi connectivity index (χ2n) is 4.32. The molecule has 0 aliphatic heterocycles. The van der Waals surface area contributed by atoms with Gasteiger partial charge in [0.25, 0.3) is 0 Å². The number of rotatable bonds is 5. The van der Waals surface area contributed by atoms with Crippen molar-refractivity contribution in [2.24, 2.45) is 11.7 Å². The van der Waals surface area contributed by atoms with Crippen molar-refractivity contribution in [1.29, 1.82) is 0 Å². The van der Waals surface area contributed by atoms with Crippen LogP contribution in [0.5, 0.6) is 0 Å². The minimum absolute atomic E-state index is 0.0805. The molecule has 1 aromatic carbocycles. The number of anilines is 1. The van der Waals surface area contributed by atoms with Gasteiger partial charge in [0.1, 0.15) is 0 Å². The molecule has 0 saturated heterocycles. The smallest absolute Gasteiger partial charge is 0.337 e. The van der Waals surface area contributed by atoms with Crippen molar-refractivity contribution in [3.8, 4) is 0 Å². The van der Waals surface area contributed by atoms with E-state index in [4.69, 9.17) is 10.8 Å². The molecule has 18 heavy (non-hydrogen) atoms. The summed E-state index contributed by atoms with van der Waals surface area (Å²) in [6, 6.07) is 6.44. The number of hydrogen-bond donors (Lipinski definition) is 2. The van der Waals surface area contributed by atoms with Crippen LogP contribution < -0.4 is 10.6 Å². The minimum atomic E-state index is -1.04. The van der Waals surface area contributed by atoms with Gasteiger partial charge in [-0.15, -0.1) is 0 Å². The van der Waals surface area contributed by atoms with Crippen molar-refractivity contribution in [1.82, 2.24) is 0 Å². The van der Waals surface area contributed by atoms with Gasteiger partial charge in [0.05, 0.1) is 11.3 Å². The Morgan fingerprint density at radius 1 is 1.39 bits per heavy atom. The molecule has 0 fully saturated rings. The highest BCUT2D eigenvalue weighted by atomic mass is 16.4. The van der Waals surface area contributed by atoms with Crippen LogP contribution in [0.1, 0.15) is 23.7 Å². The third kappa shape index (κ3) is 3.30. The molecule has 3 N–H and O–H groups in total. The lowest BCUT2D eigenvalue weighted by atomic mass is 10.1. The summed E-state index contributed by atoms with van der Waals surface area (Å²) in [6.45, 7) is 2.31. The Balaban J connectivity index is 2.93. The molecule has 0 saturated carbocycles. The number of carboxylic acids is 1. The number of para-hydroxylation sites is 1. The predicted octanol–water partition coefficient (Wildman–Crippen LogP) is 1.33. The maximum Gasteiger partial charge on any atom is 0.337 e. The molecule has 5 nitrogen and oxygen atoms in total. The number of nitrogens with two attached hydrogens (primary N) is 1. The van der Waals surface area contributed by atoms with Crippen LogP contribution in [0, 0.1) is 5.92 Å². The van der Waals surface area contributed by atoms with Crippen molar-refractivity contribution < 1.29 is 14.7 Å². The summed E-state index contributed by atoms with van der Waals surface area (Å²) in [5.41, 5.74) is 5.99. The molecule has 0 aliphatic carbocycles. The largest absolute Gasteiger partial charge is 0.478 e. The van der Waals surface area contributed by atoms with E-state index in [0.29, 0.717) is 18.7 Å². The van der Waals surface area contributed by atoms with Gasteiger partial charge in [-0.1, -0.05) is 19.1 Å². The highest BCUT2D eigenvalue weighted by Crippen LogP contribution is 2.20. The van der Waals surface area contributed by atoms with Crippen molar-refractivity contribution in [3.63, 3.8) is 0 Å². The molecule has 0 heterocycles. The monoisotopic (exact) mass is 250 g/mol. The number of carbonyl (C=O) groups excluding carboxylic acids is 1. The molecular weight excluding hydrogens is 232 g/mol. The van der Waals surface area contributed by atoms with Gasteiger partial charge in [-0.3, -0.25) is 4.79 Å². The number of nitrogens with zero attached hydrogens (tertiary/aromatic N) is 1. The first kappa shape index (κ1) is 14.2. The highest BCUT2D eigenvalue weighted by Gasteiger charge is 2.18.